The fourth-order valence-electron chi connectivity index (χ4n) is 3.92. The standard InChI is InChI=1S/C19H30N2O2/c1-12(2)11-15-16(19(15,3)4)18(23)21-9-7-14(8-10-21)20-17(22)13-5-6-13/h11,13-16H,5-10H2,1-4H3,(H,20,22)/t15-,16+/m0/s1. The van der Waals surface area contributed by atoms with Crippen LogP contribution in [0, 0.1) is 23.2 Å². The van der Waals surface area contributed by atoms with Crippen molar-refractivity contribution in [2.75, 3.05) is 13.1 Å². The van der Waals surface area contributed by atoms with Crippen LogP contribution in [0.3, 0.4) is 0 Å². The zero-order valence-electron chi connectivity index (χ0n) is 14.9. The van der Waals surface area contributed by atoms with Crippen LogP contribution < -0.4 is 5.32 Å². The van der Waals surface area contributed by atoms with Crippen molar-refractivity contribution in [3.05, 3.63) is 11.6 Å². The van der Waals surface area contributed by atoms with Gasteiger partial charge < -0.3 is 10.2 Å². The number of nitrogens with zero attached hydrogens (tertiary/aromatic N) is 1. The molecular weight excluding hydrogens is 288 g/mol. The van der Waals surface area contributed by atoms with Gasteiger partial charge in [-0.1, -0.05) is 25.5 Å². The number of nitrogens with one attached hydrogen (secondary N) is 1. The molecule has 0 aromatic carbocycles. The van der Waals surface area contributed by atoms with E-state index in [1.807, 2.05) is 4.90 Å². The second kappa shape index (κ2) is 5.95. The first kappa shape index (κ1) is 16.5. The lowest BCUT2D eigenvalue weighted by Gasteiger charge is -2.33. The number of likely N-dealkylation sites (tertiary alicyclic amines) is 1. The molecule has 3 aliphatic rings. The van der Waals surface area contributed by atoms with Gasteiger partial charge in [0.2, 0.25) is 11.8 Å². The van der Waals surface area contributed by atoms with Gasteiger partial charge in [0.25, 0.3) is 0 Å². The van der Waals surface area contributed by atoms with Crippen LogP contribution in [0.1, 0.15) is 53.4 Å². The average molecular weight is 318 g/mol. The first-order valence-electron chi connectivity index (χ1n) is 9.05. The average Bonchev–Trinajstić information content (AvgIpc) is 3.37. The normalized spacial score (nSPS) is 29.8. The molecule has 0 spiro atoms. The van der Waals surface area contributed by atoms with Gasteiger partial charge in [0, 0.05) is 25.0 Å². The van der Waals surface area contributed by atoms with Crippen molar-refractivity contribution < 1.29 is 9.59 Å². The molecular formula is C19H30N2O2. The van der Waals surface area contributed by atoms with E-state index >= 15 is 0 Å². The van der Waals surface area contributed by atoms with Crippen molar-refractivity contribution in [3.8, 4) is 0 Å². The molecule has 0 unspecified atom stereocenters. The minimum absolute atomic E-state index is 0.0887. The number of carbonyl (C=O) groups excluding carboxylic acids is 2. The third-order valence-corrected chi connectivity index (χ3v) is 5.79. The predicted molar refractivity (Wildman–Crippen MR) is 90.7 cm³/mol. The summed E-state index contributed by atoms with van der Waals surface area (Å²) < 4.78 is 0. The quantitative estimate of drug-likeness (QED) is 0.810. The topological polar surface area (TPSA) is 49.4 Å². The number of allylic oxidation sites excluding steroid dienone is 2. The Balaban J connectivity index is 1.50. The Hall–Kier alpha value is -1.32. The molecule has 1 heterocycles. The summed E-state index contributed by atoms with van der Waals surface area (Å²) in [7, 11) is 0. The van der Waals surface area contributed by atoms with Crippen molar-refractivity contribution in [1.29, 1.82) is 0 Å². The van der Waals surface area contributed by atoms with Crippen molar-refractivity contribution in [2.45, 2.75) is 59.4 Å². The van der Waals surface area contributed by atoms with Gasteiger partial charge in [0.05, 0.1) is 5.92 Å². The predicted octanol–water partition coefficient (Wildman–Crippen LogP) is 2.74. The maximum Gasteiger partial charge on any atom is 0.226 e. The van der Waals surface area contributed by atoms with E-state index < -0.39 is 0 Å². The van der Waals surface area contributed by atoms with Crippen LogP contribution in [0.25, 0.3) is 0 Å². The highest BCUT2D eigenvalue weighted by Crippen LogP contribution is 2.60. The number of hydrogen-bond donors (Lipinski definition) is 1. The molecule has 3 fully saturated rings. The van der Waals surface area contributed by atoms with Gasteiger partial charge in [-0.3, -0.25) is 9.59 Å². The van der Waals surface area contributed by atoms with E-state index in [1.165, 1.54) is 5.57 Å². The van der Waals surface area contributed by atoms with E-state index in [2.05, 4.69) is 39.1 Å². The number of piperidine rings is 1. The van der Waals surface area contributed by atoms with Gasteiger partial charge in [0.15, 0.2) is 0 Å². The van der Waals surface area contributed by atoms with Crippen LogP contribution in [0.4, 0.5) is 0 Å². The summed E-state index contributed by atoms with van der Waals surface area (Å²) in [5, 5.41) is 3.15. The lowest BCUT2D eigenvalue weighted by atomic mass is 10.0. The van der Waals surface area contributed by atoms with Crippen molar-refractivity contribution in [1.82, 2.24) is 10.2 Å². The van der Waals surface area contributed by atoms with Crippen LogP contribution in [-0.4, -0.2) is 35.8 Å². The van der Waals surface area contributed by atoms with Crippen LogP contribution in [0.2, 0.25) is 0 Å². The lowest BCUT2D eigenvalue weighted by molar-refractivity contribution is -0.134. The van der Waals surface area contributed by atoms with Gasteiger partial charge >= 0.3 is 0 Å². The molecule has 128 valence electrons. The first-order valence-corrected chi connectivity index (χ1v) is 9.05. The molecule has 0 aromatic heterocycles. The Labute approximate surface area is 139 Å². The molecule has 0 aromatic rings. The van der Waals surface area contributed by atoms with Crippen molar-refractivity contribution in [3.63, 3.8) is 0 Å². The molecule has 1 N–H and O–H groups in total. The Morgan fingerprint density at radius 1 is 1.09 bits per heavy atom. The highest BCUT2D eigenvalue weighted by Gasteiger charge is 2.61. The number of amides is 2. The van der Waals surface area contributed by atoms with E-state index in [-0.39, 0.29) is 29.2 Å². The summed E-state index contributed by atoms with van der Waals surface area (Å²) in [6, 6.07) is 0.257. The monoisotopic (exact) mass is 318 g/mol. The molecule has 0 bridgehead atoms. The molecule has 1 saturated heterocycles. The van der Waals surface area contributed by atoms with E-state index in [4.69, 9.17) is 0 Å². The summed E-state index contributed by atoms with van der Waals surface area (Å²) >= 11 is 0. The third-order valence-electron chi connectivity index (χ3n) is 5.79. The molecule has 2 saturated carbocycles. The molecule has 4 heteroatoms. The smallest absolute Gasteiger partial charge is 0.226 e. The van der Waals surface area contributed by atoms with Gasteiger partial charge in [-0.2, -0.15) is 0 Å². The zero-order chi connectivity index (χ0) is 16.8. The highest BCUT2D eigenvalue weighted by molar-refractivity contribution is 5.84. The van der Waals surface area contributed by atoms with Gasteiger partial charge in [-0.25, -0.2) is 0 Å². The summed E-state index contributed by atoms with van der Waals surface area (Å²) in [4.78, 5) is 26.7. The van der Waals surface area contributed by atoms with Gasteiger partial charge in [0.1, 0.15) is 0 Å². The van der Waals surface area contributed by atoms with Crippen LogP contribution >= 0.6 is 0 Å². The van der Waals surface area contributed by atoms with Crippen molar-refractivity contribution in [2.24, 2.45) is 23.2 Å². The lowest BCUT2D eigenvalue weighted by Crippen LogP contribution is -2.47. The maximum absolute atomic E-state index is 12.8. The molecule has 23 heavy (non-hydrogen) atoms. The molecule has 2 amide bonds. The van der Waals surface area contributed by atoms with Gasteiger partial charge in [-0.05, 0) is 50.9 Å². The largest absolute Gasteiger partial charge is 0.353 e. The first-order chi connectivity index (χ1) is 10.8. The highest BCUT2D eigenvalue weighted by atomic mass is 16.2. The Morgan fingerprint density at radius 2 is 1.70 bits per heavy atom. The molecule has 2 aliphatic carbocycles. The Morgan fingerprint density at radius 3 is 2.22 bits per heavy atom. The molecule has 4 nitrogen and oxygen atoms in total. The van der Waals surface area contributed by atoms with E-state index in [0.717, 1.165) is 38.8 Å². The van der Waals surface area contributed by atoms with E-state index in [9.17, 15) is 9.59 Å². The SMILES string of the molecule is CC(C)=C[C@H]1[C@H](C(=O)N2CCC(NC(=O)C3CC3)CC2)C1(C)C. The maximum atomic E-state index is 12.8. The third kappa shape index (κ3) is 3.46. The summed E-state index contributed by atoms with van der Waals surface area (Å²) in [6.07, 6.45) is 6.14. The molecule has 2 atom stereocenters. The fourth-order valence-corrected chi connectivity index (χ4v) is 3.92. The summed E-state index contributed by atoms with van der Waals surface area (Å²) in [5.74, 6) is 1.32. The Kier molecular flexibility index (Phi) is 4.28. The van der Waals surface area contributed by atoms with Crippen LogP contribution in [0.15, 0.2) is 11.6 Å². The van der Waals surface area contributed by atoms with Crippen molar-refractivity contribution >= 4 is 11.8 Å². The number of carbonyl (C=O) groups is 2. The second-order valence-corrected chi connectivity index (χ2v) is 8.45. The number of hydrogen-bond acceptors (Lipinski definition) is 2. The van der Waals surface area contributed by atoms with E-state index in [1.54, 1.807) is 0 Å². The summed E-state index contributed by atoms with van der Waals surface area (Å²) in [5.41, 5.74) is 1.38. The molecule has 1 aliphatic heterocycles. The summed E-state index contributed by atoms with van der Waals surface area (Å²) in [6.45, 7) is 10.2. The Bertz CT molecular complexity index is 521. The van der Waals surface area contributed by atoms with Gasteiger partial charge in [-0.15, -0.1) is 0 Å². The van der Waals surface area contributed by atoms with Crippen LogP contribution in [-0.2, 0) is 9.59 Å². The fraction of sp³-hybridized carbons (Fsp3) is 0.789. The van der Waals surface area contributed by atoms with Crippen LogP contribution in [0.5, 0.6) is 0 Å². The minimum Gasteiger partial charge on any atom is -0.353 e. The minimum atomic E-state index is 0.0887. The molecule has 3 rings (SSSR count). The van der Waals surface area contributed by atoms with E-state index in [0.29, 0.717) is 11.8 Å². The second-order valence-electron chi connectivity index (χ2n) is 8.45. The zero-order valence-corrected chi connectivity index (χ0v) is 14.9. The number of rotatable bonds is 4. The molecule has 0 radical (unpaired) electrons.